The Morgan fingerprint density at radius 1 is 1.41 bits per heavy atom. The fourth-order valence-corrected chi connectivity index (χ4v) is 2.61. The van der Waals surface area contributed by atoms with E-state index in [-0.39, 0.29) is 5.60 Å². The van der Waals surface area contributed by atoms with Crippen LogP contribution in [-0.4, -0.2) is 42.0 Å². The van der Waals surface area contributed by atoms with Gasteiger partial charge in [-0.05, 0) is 32.8 Å². The zero-order valence-electron chi connectivity index (χ0n) is 14.2. The predicted molar refractivity (Wildman–Crippen MR) is 89.0 cm³/mol. The van der Waals surface area contributed by atoms with Crippen molar-refractivity contribution >= 4 is 5.96 Å². The van der Waals surface area contributed by atoms with Gasteiger partial charge in [-0.3, -0.25) is 9.67 Å². The highest BCUT2D eigenvalue weighted by Gasteiger charge is 2.18. The first kappa shape index (κ1) is 16.8. The Balaban J connectivity index is 1.80. The first-order valence-corrected chi connectivity index (χ1v) is 8.08. The maximum atomic E-state index is 5.39. The lowest BCUT2D eigenvalue weighted by Gasteiger charge is -2.24. The number of hydrogen-bond donors (Lipinski definition) is 2. The van der Waals surface area contributed by atoms with Crippen molar-refractivity contribution in [2.24, 2.45) is 4.99 Å². The summed E-state index contributed by atoms with van der Waals surface area (Å²) in [5, 5.41) is 11.2. The molecule has 1 aliphatic rings. The van der Waals surface area contributed by atoms with E-state index in [1.807, 2.05) is 13.8 Å². The molecule has 0 amide bonds. The van der Waals surface area contributed by atoms with Gasteiger partial charge in [0.15, 0.2) is 5.96 Å². The minimum atomic E-state index is -0.221. The van der Waals surface area contributed by atoms with E-state index in [4.69, 9.17) is 4.74 Å². The van der Waals surface area contributed by atoms with Crippen LogP contribution in [0.5, 0.6) is 0 Å². The Morgan fingerprint density at radius 2 is 2.14 bits per heavy atom. The highest BCUT2D eigenvalue weighted by molar-refractivity contribution is 5.79. The zero-order valence-corrected chi connectivity index (χ0v) is 14.2. The van der Waals surface area contributed by atoms with E-state index in [9.17, 15) is 0 Å². The van der Waals surface area contributed by atoms with Gasteiger partial charge in [-0.25, -0.2) is 0 Å². The summed E-state index contributed by atoms with van der Waals surface area (Å²) < 4.78 is 7.51. The highest BCUT2D eigenvalue weighted by Crippen LogP contribution is 2.28. The summed E-state index contributed by atoms with van der Waals surface area (Å²) in [6, 6.07) is 2.67. The third kappa shape index (κ3) is 4.73. The second-order valence-electron chi connectivity index (χ2n) is 6.47. The van der Waals surface area contributed by atoms with Gasteiger partial charge in [0, 0.05) is 26.9 Å². The molecule has 1 aliphatic carbocycles. The fourth-order valence-electron chi connectivity index (χ4n) is 2.61. The Hall–Kier alpha value is -1.56. The molecule has 0 aromatic carbocycles. The summed E-state index contributed by atoms with van der Waals surface area (Å²) >= 11 is 0. The van der Waals surface area contributed by atoms with Gasteiger partial charge in [0.05, 0.1) is 23.9 Å². The molecule has 1 aromatic heterocycles. The largest absolute Gasteiger partial charge is 0.377 e. The van der Waals surface area contributed by atoms with Crippen LogP contribution in [0.1, 0.15) is 51.3 Å². The highest BCUT2D eigenvalue weighted by atomic mass is 16.5. The number of ether oxygens (including phenoxy) is 1. The standard InChI is InChI=1S/C16H29N5O/c1-16(2,22-4)12-19-15(17-3)18-11-13-9-10-21(20-13)14-7-5-6-8-14/h9-10,14H,5-8,11-12H2,1-4H3,(H2,17,18,19). The lowest BCUT2D eigenvalue weighted by Crippen LogP contribution is -2.45. The molecule has 124 valence electrons. The van der Waals surface area contributed by atoms with Crippen molar-refractivity contribution in [2.45, 2.75) is 57.7 Å². The van der Waals surface area contributed by atoms with Crippen molar-refractivity contribution in [3.8, 4) is 0 Å². The average molecular weight is 307 g/mol. The van der Waals surface area contributed by atoms with Gasteiger partial charge in [0.1, 0.15) is 0 Å². The van der Waals surface area contributed by atoms with E-state index in [1.54, 1.807) is 14.2 Å². The molecule has 22 heavy (non-hydrogen) atoms. The predicted octanol–water partition coefficient (Wildman–Crippen LogP) is 2.09. The monoisotopic (exact) mass is 307 g/mol. The van der Waals surface area contributed by atoms with E-state index < -0.39 is 0 Å². The number of aromatic nitrogens is 2. The summed E-state index contributed by atoms with van der Waals surface area (Å²) in [5.41, 5.74) is 0.822. The SMILES string of the molecule is CN=C(NCc1ccn(C2CCCC2)n1)NCC(C)(C)OC. The quantitative estimate of drug-likeness (QED) is 0.624. The molecule has 0 radical (unpaired) electrons. The minimum Gasteiger partial charge on any atom is -0.377 e. The molecule has 1 saturated carbocycles. The molecule has 0 unspecified atom stereocenters. The smallest absolute Gasteiger partial charge is 0.191 e. The van der Waals surface area contributed by atoms with Crippen LogP contribution in [0.4, 0.5) is 0 Å². The van der Waals surface area contributed by atoms with Crippen LogP contribution in [0.2, 0.25) is 0 Å². The fraction of sp³-hybridized carbons (Fsp3) is 0.750. The topological polar surface area (TPSA) is 63.5 Å². The van der Waals surface area contributed by atoms with Crippen molar-refractivity contribution in [1.82, 2.24) is 20.4 Å². The maximum absolute atomic E-state index is 5.39. The van der Waals surface area contributed by atoms with Crippen molar-refractivity contribution in [3.05, 3.63) is 18.0 Å². The molecular formula is C16H29N5O. The molecule has 0 atom stereocenters. The van der Waals surface area contributed by atoms with Gasteiger partial charge < -0.3 is 15.4 Å². The Kier molecular flexibility index (Phi) is 5.83. The van der Waals surface area contributed by atoms with Crippen LogP contribution in [-0.2, 0) is 11.3 Å². The first-order chi connectivity index (χ1) is 10.5. The first-order valence-electron chi connectivity index (χ1n) is 8.08. The summed E-state index contributed by atoms with van der Waals surface area (Å²) in [4.78, 5) is 4.23. The molecule has 2 rings (SSSR count). The van der Waals surface area contributed by atoms with E-state index in [0.29, 0.717) is 19.1 Å². The number of hydrogen-bond acceptors (Lipinski definition) is 3. The van der Waals surface area contributed by atoms with E-state index in [2.05, 4.69) is 37.7 Å². The van der Waals surface area contributed by atoms with Gasteiger partial charge >= 0.3 is 0 Å². The van der Waals surface area contributed by atoms with Gasteiger partial charge in [0.25, 0.3) is 0 Å². The second kappa shape index (κ2) is 7.63. The van der Waals surface area contributed by atoms with E-state index in [1.165, 1.54) is 25.7 Å². The molecule has 1 fully saturated rings. The van der Waals surface area contributed by atoms with Crippen molar-refractivity contribution < 1.29 is 4.74 Å². The normalized spacial score (nSPS) is 17.0. The van der Waals surface area contributed by atoms with Crippen molar-refractivity contribution in [1.29, 1.82) is 0 Å². The van der Waals surface area contributed by atoms with E-state index in [0.717, 1.165) is 11.7 Å². The Morgan fingerprint density at radius 3 is 2.77 bits per heavy atom. The molecule has 6 heteroatoms. The van der Waals surface area contributed by atoms with Crippen molar-refractivity contribution in [3.63, 3.8) is 0 Å². The molecule has 2 N–H and O–H groups in total. The molecule has 0 spiro atoms. The summed E-state index contributed by atoms with van der Waals surface area (Å²) in [6.45, 7) is 5.44. The third-order valence-electron chi connectivity index (χ3n) is 4.26. The number of rotatable bonds is 6. The summed E-state index contributed by atoms with van der Waals surface area (Å²) in [6.07, 6.45) is 7.25. The van der Waals surface area contributed by atoms with Crippen LogP contribution in [0.15, 0.2) is 17.3 Å². The molecule has 0 bridgehead atoms. The van der Waals surface area contributed by atoms with Gasteiger partial charge in [0.2, 0.25) is 0 Å². The second-order valence-corrected chi connectivity index (χ2v) is 6.47. The van der Waals surface area contributed by atoms with Gasteiger partial charge in [-0.1, -0.05) is 12.8 Å². The zero-order chi connectivity index (χ0) is 16.0. The van der Waals surface area contributed by atoms with Crippen LogP contribution in [0, 0.1) is 0 Å². The molecular weight excluding hydrogens is 278 g/mol. The van der Waals surface area contributed by atoms with Crippen molar-refractivity contribution in [2.75, 3.05) is 20.7 Å². The molecule has 6 nitrogen and oxygen atoms in total. The average Bonchev–Trinajstić information content (AvgIpc) is 3.18. The van der Waals surface area contributed by atoms with E-state index >= 15 is 0 Å². The van der Waals surface area contributed by atoms with Crippen LogP contribution < -0.4 is 10.6 Å². The number of guanidine groups is 1. The number of aliphatic imine (C=N–C) groups is 1. The molecule has 1 aromatic rings. The Labute approximate surface area is 133 Å². The van der Waals surface area contributed by atoms with Gasteiger partial charge in [-0.2, -0.15) is 5.10 Å². The maximum Gasteiger partial charge on any atom is 0.191 e. The Bertz CT molecular complexity index is 488. The number of nitrogens with zero attached hydrogens (tertiary/aromatic N) is 3. The molecule has 1 heterocycles. The third-order valence-corrected chi connectivity index (χ3v) is 4.26. The number of nitrogens with one attached hydrogen (secondary N) is 2. The summed E-state index contributed by atoms with van der Waals surface area (Å²) in [7, 11) is 3.49. The van der Waals surface area contributed by atoms with Crippen LogP contribution in [0.25, 0.3) is 0 Å². The lowest BCUT2D eigenvalue weighted by atomic mass is 10.1. The minimum absolute atomic E-state index is 0.221. The molecule has 0 aliphatic heterocycles. The summed E-state index contributed by atoms with van der Waals surface area (Å²) in [5.74, 6) is 0.764. The van der Waals surface area contributed by atoms with Crippen LogP contribution >= 0.6 is 0 Å². The van der Waals surface area contributed by atoms with Crippen LogP contribution in [0.3, 0.4) is 0 Å². The van der Waals surface area contributed by atoms with Gasteiger partial charge in [-0.15, -0.1) is 0 Å². The lowest BCUT2D eigenvalue weighted by molar-refractivity contribution is 0.0268. The molecule has 0 saturated heterocycles. The number of methoxy groups -OCH3 is 1.